The van der Waals surface area contributed by atoms with Gasteiger partial charge in [0.1, 0.15) is 11.8 Å². The summed E-state index contributed by atoms with van der Waals surface area (Å²) in [5, 5.41) is 16.7. The van der Waals surface area contributed by atoms with Crippen LogP contribution in [-0.2, 0) is 4.79 Å². The number of nitrogens with one attached hydrogen (secondary N) is 2. The summed E-state index contributed by atoms with van der Waals surface area (Å²) in [5.41, 5.74) is 1.97. The lowest BCUT2D eigenvalue weighted by Gasteiger charge is -2.17. The molecule has 1 atom stereocenters. The summed E-state index contributed by atoms with van der Waals surface area (Å²) in [6, 6.07) is 9.16. The molecule has 0 fully saturated rings. The van der Waals surface area contributed by atoms with E-state index in [0.29, 0.717) is 5.75 Å². The third-order valence-corrected chi connectivity index (χ3v) is 4.48. The highest BCUT2D eigenvalue weighted by molar-refractivity contribution is 9.10. The van der Waals surface area contributed by atoms with Gasteiger partial charge in [0, 0.05) is 22.3 Å². The van der Waals surface area contributed by atoms with Crippen LogP contribution >= 0.6 is 15.9 Å². The molecule has 2 aromatic rings. The molecular formula is C17H18BrN3O4. The zero-order valence-electron chi connectivity index (χ0n) is 14.0. The summed E-state index contributed by atoms with van der Waals surface area (Å²) in [7, 11) is 1.43. The van der Waals surface area contributed by atoms with E-state index in [1.807, 2.05) is 25.1 Å². The maximum atomic E-state index is 12.4. The van der Waals surface area contributed by atoms with Crippen molar-refractivity contribution in [2.24, 2.45) is 0 Å². The highest BCUT2D eigenvalue weighted by Crippen LogP contribution is 2.29. The molecule has 8 heteroatoms. The second-order valence-electron chi connectivity index (χ2n) is 5.46. The zero-order valence-corrected chi connectivity index (χ0v) is 15.6. The maximum absolute atomic E-state index is 12.4. The number of amides is 1. The van der Waals surface area contributed by atoms with Gasteiger partial charge in [0.2, 0.25) is 5.91 Å². The number of hydrogen-bond acceptors (Lipinski definition) is 5. The van der Waals surface area contributed by atoms with Gasteiger partial charge in [-0.25, -0.2) is 0 Å². The fourth-order valence-electron chi connectivity index (χ4n) is 2.20. The maximum Gasteiger partial charge on any atom is 0.271 e. The number of nitrogens with zero attached hydrogens (tertiary/aromatic N) is 1. The first-order valence-corrected chi connectivity index (χ1v) is 8.27. The minimum absolute atomic E-state index is 0.125. The highest BCUT2D eigenvalue weighted by Gasteiger charge is 2.17. The summed E-state index contributed by atoms with van der Waals surface area (Å²) < 4.78 is 6.13. The quantitative estimate of drug-likeness (QED) is 0.554. The number of ether oxygens (including phenoxy) is 1. The predicted molar refractivity (Wildman–Crippen MR) is 100 cm³/mol. The molecule has 0 aliphatic heterocycles. The van der Waals surface area contributed by atoms with Crippen molar-refractivity contribution in [2.75, 3.05) is 17.7 Å². The molecule has 1 amide bonds. The fraction of sp³-hybridized carbons (Fsp3) is 0.235. The van der Waals surface area contributed by atoms with Crippen LogP contribution in [0, 0.1) is 17.0 Å². The predicted octanol–water partition coefficient (Wildman–Crippen LogP) is 4.11. The Hall–Kier alpha value is -2.61. The summed E-state index contributed by atoms with van der Waals surface area (Å²) in [6.45, 7) is 3.66. The van der Waals surface area contributed by atoms with Gasteiger partial charge in [0.25, 0.3) is 5.69 Å². The third kappa shape index (κ3) is 4.69. The monoisotopic (exact) mass is 407 g/mol. The van der Waals surface area contributed by atoms with Gasteiger partial charge < -0.3 is 15.4 Å². The number of nitro benzene ring substituents is 1. The first-order valence-electron chi connectivity index (χ1n) is 7.48. The van der Waals surface area contributed by atoms with Crippen molar-refractivity contribution < 1.29 is 14.5 Å². The molecule has 0 saturated heterocycles. The van der Waals surface area contributed by atoms with Gasteiger partial charge in [0.05, 0.1) is 17.7 Å². The summed E-state index contributed by atoms with van der Waals surface area (Å²) in [4.78, 5) is 22.8. The van der Waals surface area contributed by atoms with Gasteiger partial charge in [0.15, 0.2) is 0 Å². The zero-order chi connectivity index (χ0) is 18.6. The van der Waals surface area contributed by atoms with Crippen molar-refractivity contribution >= 4 is 38.9 Å². The second-order valence-corrected chi connectivity index (χ2v) is 6.32. The topological polar surface area (TPSA) is 93.5 Å². The number of halogens is 1. The van der Waals surface area contributed by atoms with Gasteiger partial charge >= 0.3 is 0 Å². The largest absolute Gasteiger partial charge is 0.495 e. The molecule has 0 radical (unpaired) electrons. The molecular weight excluding hydrogens is 390 g/mol. The molecule has 132 valence electrons. The average molecular weight is 408 g/mol. The third-order valence-electron chi connectivity index (χ3n) is 3.59. The number of carbonyl (C=O) groups excluding carboxylic acids is 1. The van der Waals surface area contributed by atoms with E-state index in [-0.39, 0.29) is 17.3 Å². The van der Waals surface area contributed by atoms with Crippen molar-refractivity contribution in [2.45, 2.75) is 19.9 Å². The van der Waals surface area contributed by atoms with E-state index < -0.39 is 11.0 Å². The first-order chi connectivity index (χ1) is 11.8. The molecule has 0 aliphatic rings. The Morgan fingerprint density at radius 1 is 1.28 bits per heavy atom. The van der Waals surface area contributed by atoms with Crippen LogP contribution in [0.5, 0.6) is 5.75 Å². The Balaban J connectivity index is 2.13. The molecule has 7 nitrogen and oxygen atoms in total. The Bertz CT molecular complexity index is 810. The lowest BCUT2D eigenvalue weighted by atomic mass is 10.2. The van der Waals surface area contributed by atoms with Gasteiger partial charge in [-0.05, 0) is 43.7 Å². The molecule has 2 aromatic carbocycles. The SMILES string of the molecule is COc1ccc([N+](=O)[O-])cc1NC(=O)C(C)Nc1ccc(Br)c(C)c1. The number of rotatable bonds is 6. The van der Waals surface area contributed by atoms with Gasteiger partial charge in [-0.1, -0.05) is 15.9 Å². The number of carbonyl (C=O) groups is 1. The van der Waals surface area contributed by atoms with Crippen molar-refractivity contribution in [3.63, 3.8) is 0 Å². The fourth-order valence-corrected chi connectivity index (χ4v) is 2.44. The van der Waals surface area contributed by atoms with Gasteiger partial charge in [-0.3, -0.25) is 14.9 Å². The molecule has 0 spiro atoms. The highest BCUT2D eigenvalue weighted by atomic mass is 79.9. The molecule has 0 heterocycles. The molecule has 25 heavy (non-hydrogen) atoms. The molecule has 2 N–H and O–H groups in total. The van der Waals surface area contributed by atoms with Crippen LogP contribution in [0.3, 0.4) is 0 Å². The van der Waals surface area contributed by atoms with Crippen LogP contribution in [0.25, 0.3) is 0 Å². The summed E-state index contributed by atoms with van der Waals surface area (Å²) in [6.07, 6.45) is 0. The number of benzene rings is 2. The van der Waals surface area contributed by atoms with E-state index >= 15 is 0 Å². The average Bonchev–Trinajstić information content (AvgIpc) is 2.57. The van der Waals surface area contributed by atoms with Gasteiger partial charge in [-0.15, -0.1) is 0 Å². The molecule has 1 unspecified atom stereocenters. The smallest absolute Gasteiger partial charge is 0.271 e. The molecule has 0 bridgehead atoms. The first kappa shape index (κ1) is 18.7. The summed E-state index contributed by atoms with van der Waals surface area (Å²) in [5.74, 6) is 0.0185. The molecule has 0 aromatic heterocycles. The van der Waals surface area contributed by atoms with E-state index in [2.05, 4.69) is 26.6 Å². The van der Waals surface area contributed by atoms with Crippen LogP contribution in [0.1, 0.15) is 12.5 Å². The standard InChI is InChI=1S/C17H18BrN3O4/c1-10-8-12(4-6-14(10)18)19-11(2)17(22)20-15-9-13(21(23)24)5-7-16(15)25-3/h4-9,11,19H,1-3H3,(H,20,22). The Kier molecular flexibility index (Phi) is 5.97. The Labute approximate surface area is 153 Å². The molecule has 0 saturated carbocycles. The van der Waals surface area contributed by atoms with Crippen molar-refractivity contribution in [1.29, 1.82) is 0 Å². The van der Waals surface area contributed by atoms with Crippen LogP contribution in [0.15, 0.2) is 40.9 Å². The minimum Gasteiger partial charge on any atom is -0.495 e. The lowest BCUT2D eigenvalue weighted by Crippen LogP contribution is -2.32. The lowest BCUT2D eigenvalue weighted by molar-refractivity contribution is -0.384. The Morgan fingerprint density at radius 3 is 2.60 bits per heavy atom. The number of methoxy groups -OCH3 is 1. The van der Waals surface area contributed by atoms with E-state index in [1.54, 1.807) is 6.92 Å². The van der Waals surface area contributed by atoms with Crippen LogP contribution in [0.4, 0.5) is 17.1 Å². The number of anilines is 2. The van der Waals surface area contributed by atoms with Gasteiger partial charge in [-0.2, -0.15) is 0 Å². The van der Waals surface area contributed by atoms with E-state index in [4.69, 9.17) is 4.74 Å². The van der Waals surface area contributed by atoms with Crippen LogP contribution < -0.4 is 15.4 Å². The number of nitro groups is 1. The minimum atomic E-state index is -0.551. The van der Waals surface area contributed by atoms with Crippen molar-refractivity contribution in [1.82, 2.24) is 0 Å². The van der Waals surface area contributed by atoms with Crippen molar-refractivity contribution in [3.8, 4) is 5.75 Å². The van der Waals surface area contributed by atoms with Crippen LogP contribution in [-0.4, -0.2) is 24.0 Å². The van der Waals surface area contributed by atoms with Crippen LogP contribution in [0.2, 0.25) is 0 Å². The van der Waals surface area contributed by atoms with E-state index in [9.17, 15) is 14.9 Å². The van der Waals surface area contributed by atoms with E-state index in [0.717, 1.165) is 15.7 Å². The number of hydrogen-bond donors (Lipinski definition) is 2. The summed E-state index contributed by atoms with van der Waals surface area (Å²) >= 11 is 3.43. The number of aryl methyl sites for hydroxylation is 1. The van der Waals surface area contributed by atoms with E-state index in [1.165, 1.54) is 25.3 Å². The molecule has 0 aliphatic carbocycles. The number of non-ortho nitro benzene ring substituents is 1. The van der Waals surface area contributed by atoms with Crippen molar-refractivity contribution in [3.05, 3.63) is 56.5 Å². The second kappa shape index (κ2) is 7.98. The molecule has 2 rings (SSSR count). The Morgan fingerprint density at radius 2 is 2.00 bits per heavy atom. The normalized spacial score (nSPS) is 11.5.